The highest BCUT2D eigenvalue weighted by atomic mass is 35.5. The number of amides is 1. The average Bonchev–Trinajstić information content (AvgIpc) is 2.73. The van der Waals surface area contributed by atoms with E-state index >= 15 is 0 Å². The van der Waals surface area contributed by atoms with Crippen LogP contribution < -0.4 is 5.73 Å². The molecule has 104 valence electrons. The molecule has 0 saturated heterocycles. The Balaban J connectivity index is 2.70. The van der Waals surface area contributed by atoms with Gasteiger partial charge < -0.3 is 20.6 Å². The van der Waals surface area contributed by atoms with Crippen molar-refractivity contribution in [1.29, 1.82) is 0 Å². The molecule has 0 fully saturated rings. The summed E-state index contributed by atoms with van der Waals surface area (Å²) in [4.78, 5) is 31.8. The zero-order valence-electron chi connectivity index (χ0n) is 9.91. The summed E-state index contributed by atoms with van der Waals surface area (Å²) in [7, 11) is 0. The number of halogens is 1. The van der Waals surface area contributed by atoms with Crippen molar-refractivity contribution in [3.63, 3.8) is 0 Å². The molecule has 0 spiro atoms. The molecule has 1 amide bonds. The van der Waals surface area contributed by atoms with E-state index < -0.39 is 28.0 Å². The molecule has 0 aliphatic heterocycles. The molecule has 0 aromatic carbocycles. The van der Waals surface area contributed by atoms with Crippen molar-refractivity contribution in [2.24, 2.45) is 5.73 Å². The van der Waals surface area contributed by atoms with Gasteiger partial charge in [-0.05, 0) is 11.8 Å². The van der Waals surface area contributed by atoms with Crippen LogP contribution in [-0.4, -0.2) is 38.6 Å². The monoisotopic (exact) mass is 290 g/mol. The summed E-state index contributed by atoms with van der Waals surface area (Å²) in [5, 5.41) is 13.4. The van der Waals surface area contributed by atoms with Gasteiger partial charge in [0, 0.05) is 0 Å². The van der Waals surface area contributed by atoms with Gasteiger partial charge in [0.25, 0.3) is 5.91 Å². The SMILES string of the molecule is CC(Cl)C(=O)OCCn1cc(C(N)=O)c([N+](=O)[O-])n1. The zero-order chi connectivity index (χ0) is 14.6. The minimum absolute atomic E-state index is 0.0451. The molecule has 2 N–H and O–H groups in total. The zero-order valence-corrected chi connectivity index (χ0v) is 10.7. The van der Waals surface area contributed by atoms with E-state index in [0.717, 1.165) is 10.9 Å². The first-order valence-electron chi connectivity index (χ1n) is 5.15. The van der Waals surface area contributed by atoms with Crippen LogP contribution in [0.5, 0.6) is 0 Å². The lowest BCUT2D eigenvalue weighted by molar-refractivity contribution is -0.390. The summed E-state index contributed by atoms with van der Waals surface area (Å²) in [6.07, 6.45) is 1.12. The quantitative estimate of drug-likeness (QED) is 0.341. The Morgan fingerprint density at radius 2 is 2.32 bits per heavy atom. The van der Waals surface area contributed by atoms with Crippen LogP contribution in [-0.2, 0) is 16.1 Å². The van der Waals surface area contributed by atoms with Crippen LogP contribution in [0.3, 0.4) is 0 Å². The van der Waals surface area contributed by atoms with E-state index in [0.29, 0.717) is 0 Å². The standard InChI is InChI=1S/C9H11ClN4O5/c1-5(10)9(16)19-3-2-13-4-6(7(11)15)8(12-13)14(17)18/h4-5H,2-3H2,1H3,(H2,11,15). The third kappa shape index (κ3) is 3.91. The van der Waals surface area contributed by atoms with Crippen LogP contribution in [0.15, 0.2) is 6.20 Å². The van der Waals surface area contributed by atoms with E-state index in [1.807, 2.05) is 0 Å². The van der Waals surface area contributed by atoms with E-state index in [1.165, 1.54) is 6.92 Å². The molecule has 10 heteroatoms. The Kier molecular flexibility index (Phi) is 4.81. The summed E-state index contributed by atoms with van der Waals surface area (Å²) in [6.45, 7) is 1.42. The van der Waals surface area contributed by atoms with Crippen LogP contribution in [0.1, 0.15) is 17.3 Å². The number of rotatable bonds is 6. The van der Waals surface area contributed by atoms with Crippen molar-refractivity contribution in [3.05, 3.63) is 21.9 Å². The number of esters is 1. The second kappa shape index (κ2) is 6.14. The molecule has 1 heterocycles. The second-order valence-electron chi connectivity index (χ2n) is 3.53. The van der Waals surface area contributed by atoms with Gasteiger partial charge in [0.2, 0.25) is 0 Å². The van der Waals surface area contributed by atoms with Crippen LogP contribution in [0.25, 0.3) is 0 Å². The summed E-state index contributed by atoms with van der Waals surface area (Å²) in [5.41, 5.74) is 4.68. The van der Waals surface area contributed by atoms with Crippen molar-refractivity contribution in [2.45, 2.75) is 18.8 Å². The van der Waals surface area contributed by atoms with Gasteiger partial charge in [0.15, 0.2) is 5.56 Å². The fourth-order valence-electron chi connectivity index (χ4n) is 1.19. The molecule has 1 aromatic rings. The van der Waals surface area contributed by atoms with E-state index in [4.69, 9.17) is 22.1 Å². The van der Waals surface area contributed by atoms with Gasteiger partial charge in [0.05, 0.1) is 17.8 Å². The highest BCUT2D eigenvalue weighted by Crippen LogP contribution is 2.14. The third-order valence-corrected chi connectivity index (χ3v) is 2.25. The molecule has 9 nitrogen and oxygen atoms in total. The van der Waals surface area contributed by atoms with Crippen molar-refractivity contribution in [2.75, 3.05) is 6.61 Å². The van der Waals surface area contributed by atoms with Gasteiger partial charge in [0.1, 0.15) is 12.0 Å². The molecule has 0 aliphatic rings. The fourth-order valence-corrected chi connectivity index (χ4v) is 1.25. The van der Waals surface area contributed by atoms with Crippen LogP contribution in [0.4, 0.5) is 5.82 Å². The number of ether oxygens (including phenoxy) is 1. The molecular formula is C9H11ClN4O5. The minimum atomic E-state index is -0.954. The fraction of sp³-hybridized carbons (Fsp3) is 0.444. The topological polar surface area (TPSA) is 130 Å². The number of carbonyl (C=O) groups is 2. The van der Waals surface area contributed by atoms with Crippen molar-refractivity contribution in [1.82, 2.24) is 9.78 Å². The normalized spacial score (nSPS) is 11.9. The van der Waals surface area contributed by atoms with Gasteiger partial charge in [-0.1, -0.05) is 0 Å². The van der Waals surface area contributed by atoms with Gasteiger partial charge in [-0.25, -0.2) is 0 Å². The first-order valence-corrected chi connectivity index (χ1v) is 5.59. The highest BCUT2D eigenvalue weighted by molar-refractivity contribution is 6.29. The molecular weight excluding hydrogens is 280 g/mol. The van der Waals surface area contributed by atoms with Crippen LogP contribution >= 0.6 is 11.6 Å². The molecule has 0 bridgehead atoms. The average molecular weight is 291 g/mol. The predicted molar refractivity (Wildman–Crippen MR) is 63.7 cm³/mol. The Morgan fingerprint density at radius 3 is 2.74 bits per heavy atom. The van der Waals surface area contributed by atoms with Crippen molar-refractivity contribution < 1.29 is 19.2 Å². The lowest BCUT2D eigenvalue weighted by Crippen LogP contribution is -2.17. The lowest BCUT2D eigenvalue weighted by atomic mass is 10.3. The maximum absolute atomic E-state index is 11.1. The summed E-state index contributed by atoms with van der Waals surface area (Å²) >= 11 is 5.47. The lowest BCUT2D eigenvalue weighted by Gasteiger charge is -2.03. The van der Waals surface area contributed by atoms with Crippen molar-refractivity contribution in [3.8, 4) is 0 Å². The predicted octanol–water partition coefficient (Wildman–Crippen LogP) is 0.0607. The Labute approximate surface area is 112 Å². The molecule has 0 aliphatic carbocycles. The largest absolute Gasteiger partial charge is 0.463 e. The van der Waals surface area contributed by atoms with Gasteiger partial charge >= 0.3 is 11.8 Å². The Hall–Kier alpha value is -2.16. The number of nitrogens with zero attached hydrogens (tertiary/aromatic N) is 3. The number of nitrogens with two attached hydrogens (primary N) is 1. The van der Waals surface area contributed by atoms with Crippen molar-refractivity contribution >= 4 is 29.3 Å². The van der Waals surface area contributed by atoms with E-state index in [1.54, 1.807) is 0 Å². The molecule has 1 rings (SSSR count). The maximum Gasteiger partial charge on any atom is 0.402 e. The molecule has 1 atom stereocenters. The first-order chi connectivity index (χ1) is 8.82. The number of nitro groups is 1. The summed E-state index contributed by atoms with van der Waals surface area (Å²) in [5.74, 6) is -2.20. The van der Waals surface area contributed by atoms with Gasteiger partial charge in [-0.2, -0.15) is 4.68 Å². The first kappa shape index (κ1) is 14.9. The summed E-state index contributed by atoms with van der Waals surface area (Å²) < 4.78 is 5.86. The summed E-state index contributed by atoms with van der Waals surface area (Å²) in [6, 6.07) is 0. The van der Waals surface area contributed by atoms with Gasteiger partial charge in [-0.15, -0.1) is 11.6 Å². The molecule has 19 heavy (non-hydrogen) atoms. The second-order valence-corrected chi connectivity index (χ2v) is 4.19. The third-order valence-electron chi connectivity index (χ3n) is 2.07. The molecule has 0 saturated carbocycles. The van der Waals surface area contributed by atoms with Crippen LogP contribution in [0.2, 0.25) is 0 Å². The number of primary amides is 1. The van der Waals surface area contributed by atoms with E-state index in [2.05, 4.69) is 5.10 Å². The number of hydrogen-bond acceptors (Lipinski definition) is 6. The maximum atomic E-state index is 11.1. The van der Waals surface area contributed by atoms with Crippen LogP contribution in [0, 0.1) is 10.1 Å². The number of hydrogen-bond donors (Lipinski definition) is 1. The Morgan fingerprint density at radius 1 is 1.68 bits per heavy atom. The number of carbonyl (C=O) groups excluding carboxylic acids is 2. The molecule has 1 aromatic heterocycles. The number of aromatic nitrogens is 2. The molecule has 1 unspecified atom stereocenters. The Bertz CT molecular complexity index is 481. The highest BCUT2D eigenvalue weighted by Gasteiger charge is 2.24. The van der Waals surface area contributed by atoms with E-state index in [9.17, 15) is 19.7 Å². The number of alkyl halides is 1. The van der Waals surface area contributed by atoms with E-state index in [-0.39, 0.29) is 18.7 Å². The van der Waals surface area contributed by atoms with Gasteiger partial charge in [-0.3, -0.25) is 9.59 Å². The molecule has 0 radical (unpaired) electrons. The smallest absolute Gasteiger partial charge is 0.402 e. The minimum Gasteiger partial charge on any atom is -0.463 e.